The molecular weight excluding hydrogens is 354 g/mol. The van der Waals surface area contributed by atoms with E-state index in [-0.39, 0.29) is 11.8 Å². The molecule has 2 aromatic heterocycles. The van der Waals surface area contributed by atoms with Gasteiger partial charge in [0.1, 0.15) is 10.1 Å². The first-order valence-electron chi connectivity index (χ1n) is 7.99. The van der Waals surface area contributed by atoms with Crippen molar-refractivity contribution in [3.05, 3.63) is 58.6 Å². The topological polar surface area (TPSA) is 63.2 Å². The highest BCUT2D eigenvalue weighted by molar-refractivity contribution is 8.08. The van der Waals surface area contributed by atoms with Gasteiger partial charge in [0, 0.05) is 18.9 Å². The summed E-state index contributed by atoms with van der Waals surface area (Å²) in [6.07, 6.45) is 5.05. The number of aromatic nitrogens is 2. The van der Waals surface area contributed by atoms with E-state index in [9.17, 15) is 9.59 Å². The quantitative estimate of drug-likeness (QED) is 0.691. The molecule has 0 N–H and O–H groups in total. The second-order valence-electron chi connectivity index (χ2n) is 5.31. The Morgan fingerprint density at radius 2 is 1.40 bits per heavy atom. The Morgan fingerprint density at radius 1 is 0.880 bits per heavy atom. The van der Waals surface area contributed by atoms with E-state index in [1.165, 1.54) is 28.4 Å². The van der Waals surface area contributed by atoms with E-state index in [1.54, 1.807) is 12.4 Å². The highest BCUT2D eigenvalue weighted by Gasteiger charge is 2.39. The zero-order valence-electron chi connectivity index (χ0n) is 13.7. The van der Waals surface area contributed by atoms with Crippen molar-refractivity contribution >= 4 is 35.3 Å². The standard InChI is InChI=1S/C18H17N3O2S2/c1-2-3-12-21-17(22)15(24-13-8-4-6-10-19-13)16(18(21)23)25-14-9-5-7-11-20-14/h4-11H,2-3,12H2,1H3. The number of carbonyl (C=O) groups excluding carboxylic acids is 2. The molecule has 0 fully saturated rings. The monoisotopic (exact) mass is 371 g/mol. The largest absolute Gasteiger partial charge is 0.273 e. The normalized spacial score (nSPS) is 14.5. The minimum Gasteiger partial charge on any atom is -0.273 e. The summed E-state index contributed by atoms with van der Waals surface area (Å²) in [4.78, 5) is 36.3. The summed E-state index contributed by atoms with van der Waals surface area (Å²) in [6.45, 7) is 2.47. The molecule has 2 amide bonds. The maximum atomic E-state index is 12.8. The van der Waals surface area contributed by atoms with E-state index in [0.717, 1.165) is 12.8 Å². The maximum absolute atomic E-state index is 12.8. The predicted octanol–water partition coefficient (Wildman–Crippen LogP) is 3.74. The van der Waals surface area contributed by atoms with Gasteiger partial charge in [-0.15, -0.1) is 0 Å². The molecule has 3 heterocycles. The van der Waals surface area contributed by atoms with Crippen LogP contribution in [-0.4, -0.2) is 33.2 Å². The third-order valence-corrected chi connectivity index (χ3v) is 5.71. The highest BCUT2D eigenvalue weighted by Crippen LogP contribution is 2.41. The first-order valence-corrected chi connectivity index (χ1v) is 9.62. The second kappa shape index (κ2) is 8.31. The number of imide groups is 1. The molecule has 2 aromatic rings. The van der Waals surface area contributed by atoms with Crippen molar-refractivity contribution in [2.45, 2.75) is 29.8 Å². The summed E-state index contributed by atoms with van der Waals surface area (Å²) >= 11 is 2.47. The first-order chi connectivity index (χ1) is 12.2. The number of hydrogen-bond acceptors (Lipinski definition) is 6. The highest BCUT2D eigenvalue weighted by atomic mass is 32.2. The van der Waals surface area contributed by atoms with Crippen LogP contribution in [0, 0.1) is 0 Å². The van der Waals surface area contributed by atoms with Crippen molar-refractivity contribution in [3.8, 4) is 0 Å². The van der Waals surface area contributed by atoms with Gasteiger partial charge < -0.3 is 0 Å². The summed E-state index contributed by atoms with van der Waals surface area (Å²) in [6, 6.07) is 11.0. The van der Waals surface area contributed by atoms with Gasteiger partial charge >= 0.3 is 0 Å². The lowest BCUT2D eigenvalue weighted by molar-refractivity contribution is -0.137. The molecule has 0 saturated heterocycles. The minimum absolute atomic E-state index is 0.243. The minimum atomic E-state index is -0.243. The number of unbranched alkanes of at least 4 members (excludes halogenated alkanes) is 1. The van der Waals surface area contributed by atoms with Crippen LogP contribution in [0.3, 0.4) is 0 Å². The molecule has 25 heavy (non-hydrogen) atoms. The van der Waals surface area contributed by atoms with Crippen LogP contribution in [-0.2, 0) is 9.59 Å². The lowest BCUT2D eigenvalue weighted by Crippen LogP contribution is -2.32. The SMILES string of the molecule is CCCCN1C(=O)C(Sc2ccccn2)=C(Sc2ccccn2)C1=O. The molecule has 0 unspecified atom stereocenters. The number of amides is 2. The molecule has 0 aliphatic carbocycles. The number of rotatable bonds is 7. The first kappa shape index (κ1) is 17.7. The van der Waals surface area contributed by atoms with Crippen LogP contribution in [0.5, 0.6) is 0 Å². The summed E-state index contributed by atoms with van der Waals surface area (Å²) in [7, 11) is 0. The van der Waals surface area contributed by atoms with Crippen LogP contribution < -0.4 is 0 Å². The zero-order chi connectivity index (χ0) is 17.6. The Hall–Kier alpha value is -2.12. The summed E-state index contributed by atoms with van der Waals surface area (Å²) in [5.74, 6) is -0.486. The third-order valence-electron chi connectivity index (χ3n) is 3.51. The van der Waals surface area contributed by atoms with Crippen LogP contribution in [0.2, 0.25) is 0 Å². The molecule has 0 aromatic carbocycles. The van der Waals surface area contributed by atoms with Gasteiger partial charge in [0.05, 0.1) is 9.81 Å². The molecule has 1 aliphatic heterocycles. The molecule has 0 saturated carbocycles. The predicted molar refractivity (Wildman–Crippen MR) is 98.8 cm³/mol. The van der Waals surface area contributed by atoms with Gasteiger partial charge in [-0.3, -0.25) is 14.5 Å². The second-order valence-corrected chi connectivity index (χ2v) is 7.38. The van der Waals surface area contributed by atoms with Crippen molar-refractivity contribution < 1.29 is 9.59 Å². The third kappa shape index (κ3) is 4.11. The van der Waals surface area contributed by atoms with Crippen LogP contribution in [0.25, 0.3) is 0 Å². The van der Waals surface area contributed by atoms with Crippen LogP contribution in [0.1, 0.15) is 19.8 Å². The van der Waals surface area contributed by atoms with Gasteiger partial charge in [-0.2, -0.15) is 0 Å². The molecule has 3 rings (SSSR count). The number of hydrogen-bond donors (Lipinski definition) is 0. The van der Waals surface area contributed by atoms with Crippen molar-refractivity contribution in [2.24, 2.45) is 0 Å². The Morgan fingerprint density at radius 3 is 1.80 bits per heavy atom. The average Bonchev–Trinajstić information content (AvgIpc) is 2.86. The van der Waals surface area contributed by atoms with E-state index in [1.807, 2.05) is 43.3 Å². The van der Waals surface area contributed by atoms with Gasteiger partial charge in [-0.05, 0) is 30.7 Å². The van der Waals surface area contributed by atoms with E-state index < -0.39 is 0 Å². The zero-order valence-corrected chi connectivity index (χ0v) is 15.3. The summed E-state index contributed by atoms with van der Waals surface area (Å²) in [5.41, 5.74) is 0. The fraction of sp³-hybridized carbons (Fsp3) is 0.222. The Balaban J connectivity index is 1.92. The molecule has 0 spiro atoms. The molecule has 5 nitrogen and oxygen atoms in total. The molecular formula is C18H17N3O2S2. The Kier molecular flexibility index (Phi) is 5.88. The number of carbonyl (C=O) groups is 2. The smallest absolute Gasteiger partial charge is 0.268 e. The van der Waals surface area contributed by atoms with E-state index in [4.69, 9.17) is 0 Å². The van der Waals surface area contributed by atoms with Crippen LogP contribution in [0.4, 0.5) is 0 Å². The van der Waals surface area contributed by atoms with Crippen molar-refractivity contribution in [2.75, 3.05) is 6.54 Å². The van der Waals surface area contributed by atoms with E-state index in [2.05, 4.69) is 9.97 Å². The number of nitrogens with zero attached hydrogens (tertiary/aromatic N) is 3. The van der Waals surface area contributed by atoms with E-state index in [0.29, 0.717) is 26.4 Å². The van der Waals surface area contributed by atoms with Gasteiger partial charge in [0.25, 0.3) is 11.8 Å². The fourth-order valence-electron chi connectivity index (χ4n) is 2.26. The lowest BCUT2D eigenvalue weighted by Gasteiger charge is -2.13. The van der Waals surface area contributed by atoms with E-state index >= 15 is 0 Å². The molecule has 0 bridgehead atoms. The van der Waals surface area contributed by atoms with Crippen molar-refractivity contribution in [1.29, 1.82) is 0 Å². The van der Waals surface area contributed by atoms with Crippen molar-refractivity contribution in [3.63, 3.8) is 0 Å². The lowest BCUT2D eigenvalue weighted by atomic mass is 10.3. The maximum Gasteiger partial charge on any atom is 0.268 e. The molecule has 1 aliphatic rings. The number of thioether (sulfide) groups is 2. The molecule has 0 radical (unpaired) electrons. The molecule has 7 heteroatoms. The summed E-state index contributed by atoms with van der Waals surface area (Å²) < 4.78 is 0. The van der Waals surface area contributed by atoms with Crippen LogP contribution >= 0.6 is 23.5 Å². The average molecular weight is 371 g/mol. The van der Waals surface area contributed by atoms with Crippen LogP contribution in [0.15, 0.2) is 68.7 Å². The number of pyridine rings is 2. The Labute approximate surface area is 154 Å². The Bertz CT molecular complexity index is 731. The van der Waals surface area contributed by atoms with Gasteiger partial charge in [-0.25, -0.2) is 9.97 Å². The van der Waals surface area contributed by atoms with Crippen molar-refractivity contribution in [1.82, 2.24) is 14.9 Å². The molecule has 0 atom stereocenters. The van der Waals surface area contributed by atoms with Gasteiger partial charge in [-0.1, -0.05) is 49.0 Å². The van der Waals surface area contributed by atoms with Gasteiger partial charge in [0.2, 0.25) is 0 Å². The summed E-state index contributed by atoms with van der Waals surface area (Å²) in [5, 5.41) is 1.38. The molecule has 128 valence electrons. The van der Waals surface area contributed by atoms with Gasteiger partial charge in [0.15, 0.2) is 0 Å². The fourth-order valence-corrected chi connectivity index (χ4v) is 4.20.